The van der Waals surface area contributed by atoms with Crippen LogP contribution in [0.2, 0.25) is 0 Å². The molecule has 0 saturated heterocycles. The summed E-state index contributed by atoms with van der Waals surface area (Å²) in [5.41, 5.74) is 4.97. The van der Waals surface area contributed by atoms with E-state index in [9.17, 15) is 13.2 Å². The summed E-state index contributed by atoms with van der Waals surface area (Å²) in [4.78, 5) is 17.1. The molecule has 0 unspecified atom stereocenters. The zero-order chi connectivity index (χ0) is 20.5. The molecule has 3 aromatic rings. The molecule has 0 fully saturated rings. The van der Waals surface area contributed by atoms with Crippen molar-refractivity contribution >= 4 is 43.6 Å². The van der Waals surface area contributed by atoms with Crippen LogP contribution in [-0.2, 0) is 9.84 Å². The number of thiazole rings is 1. The Kier molecular flexibility index (Phi) is 5.53. The Hall–Kier alpha value is -2.71. The summed E-state index contributed by atoms with van der Waals surface area (Å²) in [5.74, 6) is -0.272. The molecule has 0 saturated carbocycles. The number of nitrogens with zero attached hydrogens (tertiary/aromatic N) is 1. The zero-order valence-electron chi connectivity index (χ0n) is 16.0. The fraction of sp³-hybridized carbons (Fsp3) is 0.200. The highest BCUT2D eigenvalue weighted by Crippen LogP contribution is 2.25. The molecule has 2 N–H and O–H groups in total. The molecule has 1 heterocycles. The molecule has 2 aromatic carbocycles. The van der Waals surface area contributed by atoms with Gasteiger partial charge in [-0.2, -0.15) is 0 Å². The number of benzene rings is 2. The SMILES string of the molecule is Cc1cc(C)c(NC(=O)c2csc(Nc3ccc(S(C)(=O)=O)cc3)n2)c(C)c1. The van der Waals surface area contributed by atoms with E-state index >= 15 is 0 Å². The van der Waals surface area contributed by atoms with Crippen molar-refractivity contribution in [3.05, 3.63) is 64.2 Å². The van der Waals surface area contributed by atoms with Crippen LogP contribution in [-0.4, -0.2) is 25.6 Å². The first-order valence-corrected chi connectivity index (χ1v) is 11.3. The summed E-state index contributed by atoms with van der Waals surface area (Å²) in [7, 11) is -3.23. The molecule has 146 valence electrons. The Morgan fingerprint density at radius 1 is 1.04 bits per heavy atom. The zero-order valence-corrected chi connectivity index (χ0v) is 17.7. The monoisotopic (exact) mass is 415 g/mol. The molecule has 0 bridgehead atoms. The molecular formula is C20H21N3O3S2. The van der Waals surface area contributed by atoms with Gasteiger partial charge in [0.1, 0.15) is 5.69 Å². The average Bonchev–Trinajstić information content (AvgIpc) is 3.06. The molecule has 0 aliphatic heterocycles. The van der Waals surface area contributed by atoms with Crippen molar-refractivity contribution in [2.75, 3.05) is 16.9 Å². The second-order valence-electron chi connectivity index (χ2n) is 6.69. The van der Waals surface area contributed by atoms with Crippen molar-refractivity contribution in [1.29, 1.82) is 0 Å². The lowest BCUT2D eigenvalue weighted by Crippen LogP contribution is -2.14. The second-order valence-corrected chi connectivity index (χ2v) is 9.56. The quantitative estimate of drug-likeness (QED) is 0.642. The fourth-order valence-corrected chi connectivity index (χ4v) is 4.24. The van der Waals surface area contributed by atoms with Gasteiger partial charge in [0, 0.05) is 23.0 Å². The molecule has 0 spiro atoms. The van der Waals surface area contributed by atoms with E-state index in [1.807, 2.05) is 32.9 Å². The molecule has 0 aliphatic rings. The van der Waals surface area contributed by atoms with Gasteiger partial charge in [0.05, 0.1) is 4.90 Å². The Labute approximate surface area is 168 Å². The van der Waals surface area contributed by atoms with Gasteiger partial charge in [-0.15, -0.1) is 11.3 Å². The van der Waals surface area contributed by atoms with Gasteiger partial charge in [-0.05, 0) is 56.2 Å². The van der Waals surface area contributed by atoms with Gasteiger partial charge >= 0.3 is 0 Å². The summed E-state index contributed by atoms with van der Waals surface area (Å²) >= 11 is 1.30. The molecule has 0 radical (unpaired) electrons. The Bertz CT molecular complexity index is 1110. The molecular weight excluding hydrogens is 394 g/mol. The average molecular weight is 416 g/mol. The third-order valence-corrected chi connectivity index (χ3v) is 6.07. The summed E-state index contributed by atoms with van der Waals surface area (Å²) in [5, 5.41) is 8.25. The van der Waals surface area contributed by atoms with Crippen LogP contribution >= 0.6 is 11.3 Å². The fourth-order valence-electron chi connectivity index (χ4n) is 2.90. The van der Waals surface area contributed by atoms with E-state index in [4.69, 9.17) is 0 Å². The van der Waals surface area contributed by atoms with Gasteiger partial charge in [0.2, 0.25) is 0 Å². The lowest BCUT2D eigenvalue weighted by atomic mass is 10.1. The number of sulfone groups is 1. The smallest absolute Gasteiger partial charge is 0.275 e. The minimum absolute atomic E-state index is 0.251. The first-order valence-electron chi connectivity index (χ1n) is 8.55. The van der Waals surface area contributed by atoms with Crippen LogP contribution in [0.5, 0.6) is 0 Å². The number of rotatable bonds is 5. The summed E-state index contributed by atoms with van der Waals surface area (Å²) in [6.45, 7) is 5.94. The van der Waals surface area contributed by atoms with Crippen molar-refractivity contribution in [2.45, 2.75) is 25.7 Å². The first-order chi connectivity index (χ1) is 13.1. The number of aryl methyl sites for hydroxylation is 3. The van der Waals surface area contributed by atoms with E-state index in [2.05, 4.69) is 15.6 Å². The molecule has 0 atom stereocenters. The van der Waals surface area contributed by atoms with Crippen molar-refractivity contribution in [3.63, 3.8) is 0 Å². The number of aromatic nitrogens is 1. The lowest BCUT2D eigenvalue weighted by Gasteiger charge is -2.12. The summed E-state index contributed by atoms with van der Waals surface area (Å²) in [6, 6.07) is 10.4. The van der Waals surface area contributed by atoms with Crippen LogP contribution in [0, 0.1) is 20.8 Å². The predicted octanol–water partition coefficient (Wildman–Crippen LogP) is 4.47. The number of nitrogens with one attached hydrogen (secondary N) is 2. The Balaban J connectivity index is 1.72. The van der Waals surface area contributed by atoms with Crippen LogP contribution < -0.4 is 10.6 Å². The Morgan fingerprint density at radius 3 is 2.21 bits per heavy atom. The molecule has 1 amide bonds. The minimum atomic E-state index is -3.23. The number of amides is 1. The lowest BCUT2D eigenvalue weighted by molar-refractivity contribution is 0.102. The van der Waals surface area contributed by atoms with Crippen molar-refractivity contribution in [2.24, 2.45) is 0 Å². The van der Waals surface area contributed by atoms with E-state index in [1.165, 1.54) is 29.7 Å². The van der Waals surface area contributed by atoms with Gasteiger partial charge in [0.25, 0.3) is 5.91 Å². The van der Waals surface area contributed by atoms with Crippen LogP contribution in [0.4, 0.5) is 16.5 Å². The van der Waals surface area contributed by atoms with Gasteiger partial charge in [0.15, 0.2) is 15.0 Å². The normalized spacial score (nSPS) is 11.3. The van der Waals surface area contributed by atoms with Crippen LogP contribution in [0.1, 0.15) is 27.2 Å². The number of hydrogen-bond donors (Lipinski definition) is 2. The second kappa shape index (κ2) is 7.73. The van der Waals surface area contributed by atoms with E-state index in [0.29, 0.717) is 16.5 Å². The van der Waals surface area contributed by atoms with Crippen molar-refractivity contribution in [3.8, 4) is 0 Å². The third-order valence-electron chi connectivity index (χ3n) is 4.19. The first kappa shape index (κ1) is 20.0. The van der Waals surface area contributed by atoms with Crippen LogP contribution in [0.3, 0.4) is 0 Å². The van der Waals surface area contributed by atoms with Crippen LogP contribution in [0.15, 0.2) is 46.7 Å². The largest absolute Gasteiger partial charge is 0.332 e. The highest BCUT2D eigenvalue weighted by Gasteiger charge is 2.14. The third kappa shape index (κ3) is 4.58. The topological polar surface area (TPSA) is 88.2 Å². The van der Waals surface area contributed by atoms with Crippen molar-refractivity contribution in [1.82, 2.24) is 4.98 Å². The number of carbonyl (C=O) groups excluding carboxylic acids is 1. The molecule has 8 heteroatoms. The minimum Gasteiger partial charge on any atom is -0.332 e. The number of hydrogen-bond acceptors (Lipinski definition) is 6. The maximum atomic E-state index is 12.6. The summed E-state index contributed by atoms with van der Waals surface area (Å²) < 4.78 is 23.0. The van der Waals surface area contributed by atoms with Gasteiger partial charge < -0.3 is 10.6 Å². The molecule has 0 aliphatic carbocycles. The van der Waals surface area contributed by atoms with E-state index in [-0.39, 0.29) is 10.8 Å². The number of anilines is 3. The maximum Gasteiger partial charge on any atom is 0.275 e. The highest BCUT2D eigenvalue weighted by molar-refractivity contribution is 7.90. The van der Waals surface area contributed by atoms with E-state index in [1.54, 1.807) is 17.5 Å². The van der Waals surface area contributed by atoms with Crippen molar-refractivity contribution < 1.29 is 13.2 Å². The summed E-state index contributed by atoms with van der Waals surface area (Å²) in [6.07, 6.45) is 1.17. The molecule has 3 rings (SSSR count). The van der Waals surface area contributed by atoms with Gasteiger partial charge in [-0.1, -0.05) is 17.7 Å². The van der Waals surface area contributed by atoms with E-state index < -0.39 is 9.84 Å². The standard InChI is InChI=1S/C20H21N3O3S2/c1-12-9-13(2)18(14(3)10-12)23-19(24)17-11-27-20(22-17)21-15-5-7-16(8-6-15)28(4,25)26/h5-11H,1-4H3,(H,21,22)(H,23,24). The molecule has 6 nitrogen and oxygen atoms in total. The maximum absolute atomic E-state index is 12.6. The van der Waals surface area contributed by atoms with Gasteiger partial charge in [-0.3, -0.25) is 4.79 Å². The predicted molar refractivity (Wildman–Crippen MR) is 114 cm³/mol. The Morgan fingerprint density at radius 2 is 1.64 bits per heavy atom. The molecule has 1 aromatic heterocycles. The van der Waals surface area contributed by atoms with Crippen LogP contribution in [0.25, 0.3) is 0 Å². The molecule has 28 heavy (non-hydrogen) atoms. The van der Waals surface area contributed by atoms with Gasteiger partial charge in [-0.25, -0.2) is 13.4 Å². The number of carbonyl (C=O) groups is 1. The van der Waals surface area contributed by atoms with E-state index in [0.717, 1.165) is 22.4 Å². The highest BCUT2D eigenvalue weighted by atomic mass is 32.2.